The van der Waals surface area contributed by atoms with Gasteiger partial charge in [0.05, 0.1) is 11.0 Å². The first-order chi connectivity index (χ1) is 23.8. The molecule has 5 nitrogen and oxygen atoms in total. The monoisotopic (exact) mass is 668 g/mol. The highest BCUT2D eigenvalue weighted by Gasteiger charge is 2.21. The zero-order chi connectivity index (χ0) is 34.9. The van der Waals surface area contributed by atoms with Crippen molar-refractivity contribution in [1.29, 1.82) is 0 Å². The molecule has 2 aromatic carbocycles. The van der Waals surface area contributed by atoms with Crippen LogP contribution >= 0.6 is 0 Å². The van der Waals surface area contributed by atoms with Crippen molar-refractivity contribution in [1.82, 2.24) is 19.4 Å². The van der Waals surface area contributed by atoms with E-state index in [1.807, 2.05) is 12.1 Å². The van der Waals surface area contributed by atoms with Crippen LogP contribution in [0.1, 0.15) is 167 Å². The Morgan fingerprint density at radius 3 is 1.73 bits per heavy atom. The lowest BCUT2D eigenvalue weighted by atomic mass is 10.0. The lowest BCUT2D eigenvalue weighted by Crippen LogP contribution is -2.41. The van der Waals surface area contributed by atoms with Crippen molar-refractivity contribution in [3.63, 3.8) is 0 Å². The third-order valence-corrected chi connectivity index (χ3v) is 10.4. The van der Waals surface area contributed by atoms with Crippen LogP contribution < -0.4 is 5.73 Å². The molecule has 0 fully saturated rings. The first kappa shape index (κ1) is 38.9. The highest BCUT2D eigenvalue weighted by atomic mass is 15.2. The number of anilines is 1. The van der Waals surface area contributed by atoms with Gasteiger partial charge in [-0.05, 0) is 57.4 Å². The summed E-state index contributed by atoms with van der Waals surface area (Å²) in [5.41, 5.74) is 12.1. The number of para-hydroxylation sites is 1. The molecule has 0 unspecified atom stereocenters. The number of fused-ring (bicyclic) bond motifs is 3. The molecule has 0 spiro atoms. The van der Waals surface area contributed by atoms with Crippen LogP contribution in [-0.2, 0) is 19.5 Å². The Morgan fingerprint density at radius 2 is 1.16 bits per heavy atom. The lowest BCUT2D eigenvalue weighted by molar-refractivity contribution is 0.124. The fourth-order valence-electron chi connectivity index (χ4n) is 7.26. The van der Waals surface area contributed by atoms with E-state index in [1.54, 1.807) is 0 Å². The Morgan fingerprint density at radius 1 is 0.633 bits per heavy atom. The topological polar surface area (TPSA) is 60.0 Å². The highest BCUT2D eigenvalue weighted by molar-refractivity contribution is 6.06. The predicted octanol–water partition coefficient (Wildman–Crippen LogP) is 12.4. The smallest absolute Gasteiger partial charge is 0.152 e. The number of unbranched alkanes of at least 4 members (excludes halogenated alkanes) is 16. The maximum absolute atomic E-state index is 6.44. The summed E-state index contributed by atoms with van der Waals surface area (Å²) in [6.07, 6.45) is 25.8. The second-order valence-corrected chi connectivity index (χ2v) is 15.6. The fourth-order valence-corrected chi connectivity index (χ4v) is 7.26. The molecule has 4 rings (SSSR count). The zero-order valence-electron chi connectivity index (χ0n) is 32.0. The molecule has 270 valence electrons. The molecule has 5 heteroatoms. The molecular formula is C44H69N5. The normalized spacial score (nSPS) is 12.2. The van der Waals surface area contributed by atoms with Crippen molar-refractivity contribution < 1.29 is 0 Å². The van der Waals surface area contributed by atoms with E-state index in [0.717, 1.165) is 66.7 Å². The van der Waals surface area contributed by atoms with E-state index in [-0.39, 0.29) is 5.54 Å². The maximum Gasteiger partial charge on any atom is 0.152 e. The second kappa shape index (κ2) is 20.7. The SMILES string of the molecule is CCCCCCCCCCCCCCCCCCN(Cc1ccc(Cn2c(CCCC)nc3c(N)nc4ccccc4c32)cc1)C(C)(C)C. The molecule has 2 heterocycles. The Labute approximate surface area is 299 Å². The molecule has 0 saturated carbocycles. The molecule has 0 saturated heterocycles. The molecule has 0 aliphatic carbocycles. The molecule has 0 aliphatic heterocycles. The van der Waals surface area contributed by atoms with Crippen LogP contribution in [0.4, 0.5) is 5.82 Å². The summed E-state index contributed by atoms with van der Waals surface area (Å²) in [5, 5.41) is 1.12. The third-order valence-electron chi connectivity index (χ3n) is 10.4. The van der Waals surface area contributed by atoms with Gasteiger partial charge in [0.25, 0.3) is 0 Å². The van der Waals surface area contributed by atoms with E-state index < -0.39 is 0 Å². The summed E-state index contributed by atoms with van der Waals surface area (Å²) < 4.78 is 2.39. The Hall–Kier alpha value is -2.92. The van der Waals surface area contributed by atoms with Crippen LogP contribution in [0.5, 0.6) is 0 Å². The van der Waals surface area contributed by atoms with Gasteiger partial charge in [-0.3, -0.25) is 4.90 Å². The fraction of sp³-hybridized carbons (Fsp3) is 0.636. The van der Waals surface area contributed by atoms with E-state index in [4.69, 9.17) is 10.7 Å². The largest absolute Gasteiger partial charge is 0.382 e. The van der Waals surface area contributed by atoms with Crippen molar-refractivity contribution in [2.45, 2.75) is 175 Å². The first-order valence-corrected chi connectivity index (χ1v) is 20.2. The molecule has 0 atom stereocenters. The number of hydrogen-bond acceptors (Lipinski definition) is 4. The first-order valence-electron chi connectivity index (χ1n) is 20.2. The molecule has 0 bridgehead atoms. The van der Waals surface area contributed by atoms with Crippen molar-refractivity contribution in [2.75, 3.05) is 12.3 Å². The van der Waals surface area contributed by atoms with Crippen molar-refractivity contribution in [2.24, 2.45) is 0 Å². The van der Waals surface area contributed by atoms with Gasteiger partial charge in [-0.15, -0.1) is 0 Å². The Bertz CT molecular complexity index is 1500. The Balaban J connectivity index is 1.23. The van der Waals surface area contributed by atoms with Crippen LogP contribution in [0.3, 0.4) is 0 Å². The van der Waals surface area contributed by atoms with Crippen LogP contribution in [0.2, 0.25) is 0 Å². The van der Waals surface area contributed by atoms with Gasteiger partial charge in [-0.2, -0.15) is 0 Å². The summed E-state index contributed by atoms with van der Waals surface area (Å²) in [6, 6.07) is 17.6. The van der Waals surface area contributed by atoms with Gasteiger partial charge in [0.15, 0.2) is 5.82 Å². The van der Waals surface area contributed by atoms with Crippen LogP contribution in [-0.4, -0.2) is 31.5 Å². The third kappa shape index (κ3) is 12.4. The second-order valence-electron chi connectivity index (χ2n) is 15.6. The predicted molar refractivity (Wildman–Crippen MR) is 213 cm³/mol. The summed E-state index contributed by atoms with van der Waals surface area (Å²) >= 11 is 0. The minimum atomic E-state index is 0.146. The van der Waals surface area contributed by atoms with Crippen molar-refractivity contribution >= 4 is 27.8 Å². The number of hydrogen-bond donors (Lipinski definition) is 1. The summed E-state index contributed by atoms with van der Waals surface area (Å²) in [6.45, 7) is 14.6. The number of aromatic nitrogens is 3. The maximum atomic E-state index is 6.44. The van der Waals surface area contributed by atoms with Gasteiger partial charge in [-0.25, -0.2) is 9.97 Å². The molecule has 2 aromatic heterocycles. The van der Waals surface area contributed by atoms with E-state index in [2.05, 4.69) is 85.5 Å². The van der Waals surface area contributed by atoms with E-state index in [9.17, 15) is 0 Å². The molecule has 2 N–H and O–H groups in total. The van der Waals surface area contributed by atoms with E-state index >= 15 is 0 Å². The number of nitrogen functional groups attached to an aromatic ring is 1. The minimum absolute atomic E-state index is 0.146. The highest BCUT2D eigenvalue weighted by Crippen LogP contribution is 2.30. The van der Waals surface area contributed by atoms with Crippen molar-refractivity contribution in [3.05, 3.63) is 65.5 Å². The number of benzene rings is 2. The van der Waals surface area contributed by atoms with Crippen LogP contribution in [0, 0.1) is 0 Å². The van der Waals surface area contributed by atoms with E-state index in [0.29, 0.717) is 5.82 Å². The lowest BCUT2D eigenvalue weighted by Gasteiger charge is -2.36. The molecular weight excluding hydrogens is 599 g/mol. The van der Waals surface area contributed by atoms with Gasteiger partial charge >= 0.3 is 0 Å². The minimum Gasteiger partial charge on any atom is -0.382 e. The molecule has 0 radical (unpaired) electrons. The molecule has 0 aliphatic rings. The van der Waals surface area contributed by atoms with Gasteiger partial charge < -0.3 is 10.3 Å². The molecule has 0 amide bonds. The quantitative estimate of drug-likeness (QED) is 0.0755. The van der Waals surface area contributed by atoms with Crippen molar-refractivity contribution in [3.8, 4) is 0 Å². The van der Waals surface area contributed by atoms with Gasteiger partial charge in [-0.1, -0.05) is 159 Å². The number of imidazole rings is 1. The number of nitrogens with zero attached hydrogens (tertiary/aromatic N) is 4. The average molecular weight is 668 g/mol. The van der Waals surface area contributed by atoms with Crippen LogP contribution in [0.25, 0.3) is 21.9 Å². The average Bonchev–Trinajstić information content (AvgIpc) is 3.45. The summed E-state index contributed by atoms with van der Waals surface area (Å²) in [5.74, 6) is 1.62. The van der Waals surface area contributed by atoms with Gasteiger partial charge in [0.1, 0.15) is 11.3 Å². The number of aryl methyl sites for hydroxylation is 1. The number of rotatable bonds is 24. The Kier molecular flexibility index (Phi) is 16.4. The number of pyridine rings is 1. The van der Waals surface area contributed by atoms with Gasteiger partial charge in [0.2, 0.25) is 0 Å². The number of nitrogens with two attached hydrogens (primary N) is 1. The zero-order valence-corrected chi connectivity index (χ0v) is 32.0. The molecule has 49 heavy (non-hydrogen) atoms. The van der Waals surface area contributed by atoms with Gasteiger partial charge in [0, 0.05) is 30.4 Å². The standard InChI is InChI=1S/C44H69N5/c1-6-8-10-11-12-13-14-15-16-17-18-19-20-21-22-25-33-48(44(3,4)5)34-36-29-31-37(32-30-36)35-49-40(28-9-7-2)47-41-42(49)38-26-23-24-27-39(38)46-43(41)45/h23-24,26-27,29-32H,6-22,25,28,33-35H2,1-5H3,(H2,45,46). The summed E-state index contributed by atoms with van der Waals surface area (Å²) in [4.78, 5) is 12.4. The van der Waals surface area contributed by atoms with Crippen LogP contribution in [0.15, 0.2) is 48.5 Å². The van der Waals surface area contributed by atoms with E-state index in [1.165, 1.54) is 114 Å². The summed E-state index contributed by atoms with van der Waals surface area (Å²) in [7, 11) is 0. The molecule has 4 aromatic rings.